The summed E-state index contributed by atoms with van der Waals surface area (Å²) < 4.78 is 5.32. The molecule has 0 radical (unpaired) electrons. The molecule has 4 heteroatoms. The predicted molar refractivity (Wildman–Crippen MR) is 99.0 cm³/mol. The van der Waals surface area contributed by atoms with Crippen molar-refractivity contribution in [2.24, 2.45) is 0 Å². The molecule has 1 unspecified atom stereocenters. The molecule has 1 atom stereocenters. The van der Waals surface area contributed by atoms with Gasteiger partial charge in [-0.25, -0.2) is 0 Å². The molecule has 0 aliphatic rings. The fourth-order valence-corrected chi connectivity index (χ4v) is 2.70. The van der Waals surface area contributed by atoms with Gasteiger partial charge >= 0.3 is 0 Å². The minimum absolute atomic E-state index is 0.0109. The summed E-state index contributed by atoms with van der Waals surface area (Å²) in [5.74, 6) is 0.584. The van der Waals surface area contributed by atoms with Gasteiger partial charge in [0.2, 0.25) is 5.91 Å². The molecule has 1 N–H and O–H groups in total. The van der Waals surface area contributed by atoms with E-state index in [1.807, 2.05) is 63.2 Å². The first-order valence-corrected chi connectivity index (χ1v) is 8.45. The van der Waals surface area contributed by atoms with Crippen molar-refractivity contribution in [2.75, 3.05) is 7.11 Å². The van der Waals surface area contributed by atoms with Crippen LogP contribution in [0, 0.1) is 13.8 Å². The van der Waals surface area contributed by atoms with E-state index in [-0.39, 0.29) is 30.6 Å². The van der Waals surface area contributed by atoms with Crippen LogP contribution in [0.5, 0.6) is 5.75 Å². The Morgan fingerprint density at radius 1 is 1.04 bits per heavy atom. The van der Waals surface area contributed by atoms with E-state index in [2.05, 4.69) is 5.32 Å². The number of nitrogens with one attached hydrogen (secondary N) is 1. The lowest BCUT2D eigenvalue weighted by atomic mass is 10.0. The number of hydrogen-bond acceptors (Lipinski definition) is 3. The molecule has 0 bridgehead atoms. The molecule has 0 aliphatic carbocycles. The van der Waals surface area contributed by atoms with Gasteiger partial charge in [0, 0.05) is 24.0 Å². The smallest absolute Gasteiger partial charge is 0.220 e. The van der Waals surface area contributed by atoms with Crippen molar-refractivity contribution in [3.05, 3.63) is 64.7 Å². The number of carbonyl (C=O) groups excluding carboxylic acids is 2. The van der Waals surface area contributed by atoms with Gasteiger partial charge in [-0.1, -0.05) is 30.3 Å². The third kappa shape index (κ3) is 4.92. The number of carbonyl (C=O) groups is 2. The van der Waals surface area contributed by atoms with E-state index in [1.165, 1.54) is 0 Å². The highest BCUT2D eigenvalue weighted by atomic mass is 16.5. The Kier molecular flexibility index (Phi) is 6.34. The Balaban J connectivity index is 1.91. The van der Waals surface area contributed by atoms with Crippen LogP contribution in [-0.2, 0) is 4.79 Å². The summed E-state index contributed by atoms with van der Waals surface area (Å²) in [6.07, 6.45) is 0.373. The highest BCUT2D eigenvalue weighted by Gasteiger charge is 2.15. The molecule has 2 aromatic rings. The second-order valence-electron chi connectivity index (χ2n) is 6.25. The summed E-state index contributed by atoms with van der Waals surface area (Å²) in [7, 11) is 1.61. The highest BCUT2D eigenvalue weighted by molar-refractivity contribution is 5.98. The summed E-state index contributed by atoms with van der Waals surface area (Å²) in [4.78, 5) is 24.4. The van der Waals surface area contributed by atoms with Crippen molar-refractivity contribution >= 4 is 11.7 Å². The maximum absolute atomic E-state index is 12.3. The molecule has 0 spiro atoms. The van der Waals surface area contributed by atoms with Crippen molar-refractivity contribution in [2.45, 2.75) is 39.7 Å². The van der Waals surface area contributed by atoms with E-state index >= 15 is 0 Å². The van der Waals surface area contributed by atoms with Gasteiger partial charge in [-0.2, -0.15) is 0 Å². The van der Waals surface area contributed by atoms with Crippen LogP contribution in [0.4, 0.5) is 0 Å². The van der Waals surface area contributed by atoms with Gasteiger partial charge in [0.05, 0.1) is 13.2 Å². The van der Waals surface area contributed by atoms with E-state index in [4.69, 9.17) is 4.74 Å². The number of ketones is 1. The van der Waals surface area contributed by atoms with Gasteiger partial charge in [0.25, 0.3) is 0 Å². The molecule has 132 valence electrons. The maximum atomic E-state index is 12.3. The van der Waals surface area contributed by atoms with Gasteiger partial charge in [-0.05, 0) is 44.0 Å². The van der Waals surface area contributed by atoms with Gasteiger partial charge in [-0.3, -0.25) is 9.59 Å². The number of benzene rings is 2. The number of amides is 1. The molecule has 2 rings (SSSR count). The molecule has 0 aromatic heterocycles. The third-order valence-corrected chi connectivity index (χ3v) is 4.39. The molecular weight excluding hydrogens is 314 g/mol. The lowest BCUT2D eigenvalue weighted by Crippen LogP contribution is -2.27. The van der Waals surface area contributed by atoms with Crippen LogP contribution in [0.2, 0.25) is 0 Å². The number of ether oxygens (including phenoxy) is 1. The molecule has 25 heavy (non-hydrogen) atoms. The topological polar surface area (TPSA) is 55.4 Å². The van der Waals surface area contributed by atoms with E-state index in [9.17, 15) is 9.59 Å². The molecule has 0 saturated heterocycles. The molecule has 1 amide bonds. The van der Waals surface area contributed by atoms with Crippen molar-refractivity contribution in [3.63, 3.8) is 0 Å². The van der Waals surface area contributed by atoms with Gasteiger partial charge in [-0.15, -0.1) is 0 Å². The SMILES string of the molecule is COc1ccccc1C(C)NC(=O)CCC(=O)c1ccc(C)c(C)c1. The van der Waals surface area contributed by atoms with Crippen LogP contribution in [0.15, 0.2) is 42.5 Å². The van der Waals surface area contributed by atoms with E-state index in [0.29, 0.717) is 5.56 Å². The van der Waals surface area contributed by atoms with Crippen molar-refractivity contribution < 1.29 is 14.3 Å². The molecular formula is C21H25NO3. The fourth-order valence-electron chi connectivity index (χ4n) is 2.70. The second-order valence-corrected chi connectivity index (χ2v) is 6.25. The Bertz CT molecular complexity index is 767. The normalized spacial score (nSPS) is 11.7. The summed E-state index contributed by atoms with van der Waals surface area (Å²) in [6, 6.07) is 13.0. The first kappa shape index (κ1) is 18.7. The quantitative estimate of drug-likeness (QED) is 0.771. The number of Topliss-reactive ketones (excluding diaryl/α,β-unsaturated/α-hetero) is 1. The van der Waals surface area contributed by atoms with Crippen molar-refractivity contribution in [1.82, 2.24) is 5.32 Å². The summed E-state index contributed by atoms with van der Waals surface area (Å²) in [5.41, 5.74) is 3.81. The molecule has 0 heterocycles. The average molecular weight is 339 g/mol. The van der Waals surface area contributed by atoms with Crippen molar-refractivity contribution in [3.8, 4) is 5.75 Å². The molecule has 0 saturated carbocycles. The van der Waals surface area contributed by atoms with Gasteiger partial charge in [0.15, 0.2) is 5.78 Å². The Hall–Kier alpha value is -2.62. The molecule has 2 aromatic carbocycles. The lowest BCUT2D eigenvalue weighted by Gasteiger charge is -2.17. The zero-order chi connectivity index (χ0) is 18.4. The zero-order valence-corrected chi connectivity index (χ0v) is 15.3. The zero-order valence-electron chi connectivity index (χ0n) is 15.3. The predicted octanol–water partition coefficient (Wildman–Crippen LogP) is 4.15. The molecule has 0 fully saturated rings. The van der Waals surface area contributed by atoms with Crippen LogP contribution >= 0.6 is 0 Å². The third-order valence-electron chi connectivity index (χ3n) is 4.39. The summed E-state index contributed by atoms with van der Waals surface area (Å²) in [5, 5.41) is 2.93. The minimum Gasteiger partial charge on any atom is -0.496 e. The standard InChI is InChI=1S/C21H25NO3/c1-14-9-10-17(13-15(14)2)19(23)11-12-21(24)22-16(3)18-7-5-6-8-20(18)25-4/h5-10,13,16H,11-12H2,1-4H3,(H,22,24). The molecule has 4 nitrogen and oxygen atoms in total. The number of para-hydroxylation sites is 1. The number of aryl methyl sites for hydroxylation is 2. The minimum atomic E-state index is -0.180. The number of hydrogen-bond donors (Lipinski definition) is 1. The van der Waals surface area contributed by atoms with Gasteiger partial charge in [0.1, 0.15) is 5.75 Å². The second kappa shape index (κ2) is 8.47. The molecule has 0 aliphatic heterocycles. The van der Waals surface area contributed by atoms with E-state index in [1.54, 1.807) is 7.11 Å². The van der Waals surface area contributed by atoms with Crippen molar-refractivity contribution in [1.29, 1.82) is 0 Å². The lowest BCUT2D eigenvalue weighted by molar-refractivity contribution is -0.121. The van der Waals surface area contributed by atoms with Crippen LogP contribution in [0.3, 0.4) is 0 Å². The van der Waals surface area contributed by atoms with E-state index in [0.717, 1.165) is 22.4 Å². The van der Waals surface area contributed by atoms with Gasteiger partial charge < -0.3 is 10.1 Å². The number of rotatable bonds is 7. The average Bonchev–Trinajstić information content (AvgIpc) is 2.61. The van der Waals surface area contributed by atoms with Crippen LogP contribution in [0.25, 0.3) is 0 Å². The summed E-state index contributed by atoms with van der Waals surface area (Å²) in [6.45, 7) is 5.89. The van der Waals surface area contributed by atoms with Crippen LogP contribution < -0.4 is 10.1 Å². The maximum Gasteiger partial charge on any atom is 0.220 e. The monoisotopic (exact) mass is 339 g/mol. The summed E-state index contributed by atoms with van der Waals surface area (Å²) >= 11 is 0. The Morgan fingerprint density at radius 2 is 1.76 bits per heavy atom. The number of methoxy groups -OCH3 is 1. The van der Waals surface area contributed by atoms with E-state index < -0.39 is 0 Å². The fraction of sp³-hybridized carbons (Fsp3) is 0.333. The van der Waals surface area contributed by atoms with Crippen LogP contribution in [-0.4, -0.2) is 18.8 Å². The first-order valence-electron chi connectivity index (χ1n) is 8.45. The Morgan fingerprint density at radius 3 is 2.44 bits per heavy atom. The largest absolute Gasteiger partial charge is 0.496 e. The Labute approximate surface area is 149 Å². The highest BCUT2D eigenvalue weighted by Crippen LogP contribution is 2.24. The first-order chi connectivity index (χ1) is 11.9. The van der Waals surface area contributed by atoms with Crippen LogP contribution in [0.1, 0.15) is 52.9 Å².